The Hall–Kier alpha value is -2.39. The Morgan fingerprint density at radius 1 is 1.21 bits per heavy atom. The first-order valence-corrected chi connectivity index (χ1v) is 11.3. The van der Waals surface area contributed by atoms with Crippen LogP contribution in [0.25, 0.3) is 0 Å². The first-order chi connectivity index (χ1) is 13.9. The second-order valence-corrected chi connectivity index (χ2v) is 9.15. The molecule has 1 saturated heterocycles. The minimum atomic E-state index is -3.40. The molecule has 0 bridgehead atoms. The van der Waals surface area contributed by atoms with Gasteiger partial charge in [-0.05, 0) is 44.7 Å². The van der Waals surface area contributed by atoms with Gasteiger partial charge in [0.05, 0.1) is 17.1 Å². The molecule has 2 N–H and O–H groups in total. The van der Waals surface area contributed by atoms with Gasteiger partial charge < -0.3 is 15.1 Å². The standard InChI is InChI=1S/C20H29N5O3S/c1-15-16(2)28-19(24-15)14-23-20(21-3)22-13-17-9-11-25(12-10-17)29(26,27)18-7-5-4-6-8-18/h4-8,17H,9-14H2,1-3H3,(H2,21,22,23). The summed E-state index contributed by atoms with van der Waals surface area (Å²) in [7, 11) is -1.68. The molecule has 0 saturated carbocycles. The number of benzene rings is 1. The molecule has 0 aliphatic carbocycles. The quantitative estimate of drug-likeness (QED) is 0.549. The molecule has 29 heavy (non-hydrogen) atoms. The van der Waals surface area contributed by atoms with Crippen molar-refractivity contribution >= 4 is 16.0 Å². The molecule has 1 aromatic heterocycles. The number of sulfonamides is 1. The summed E-state index contributed by atoms with van der Waals surface area (Å²) in [5.74, 6) is 2.52. The number of nitrogens with zero attached hydrogens (tertiary/aromatic N) is 3. The molecule has 2 aromatic rings. The SMILES string of the molecule is CN=C(NCc1nc(C)c(C)o1)NCC1CCN(S(=O)(=O)c2ccccc2)CC1. The van der Waals surface area contributed by atoms with Crippen LogP contribution < -0.4 is 10.6 Å². The van der Waals surface area contributed by atoms with E-state index in [2.05, 4.69) is 20.6 Å². The average Bonchev–Trinajstić information content (AvgIpc) is 3.06. The van der Waals surface area contributed by atoms with Crippen LogP contribution in [0.4, 0.5) is 0 Å². The van der Waals surface area contributed by atoms with E-state index in [-0.39, 0.29) is 0 Å². The van der Waals surface area contributed by atoms with Crippen molar-refractivity contribution in [3.8, 4) is 0 Å². The molecule has 0 atom stereocenters. The van der Waals surface area contributed by atoms with Crippen molar-refractivity contribution < 1.29 is 12.8 Å². The molecule has 1 aromatic carbocycles. The predicted octanol–water partition coefficient (Wildman–Crippen LogP) is 2.06. The molecular weight excluding hydrogens is 390 g/mol. The van der Waals surface area contributed by atoms with Crippen LogP contribution in [-0.2, 0) is 16.6 Å². The molecule has 9 heteroatoms. The first-order valence-electron chi connectivity index (χ1n) is 9.82. The third-order valence-electron chi connectivity index (χ3n) is 5.22. The van der Waals surface area contributed by atoms with Gasteiger partial charge >= 0.3 is 0 Å². The average molecular weight is 420 g/mol. The van der Waals surface area contributed by atoms with E-state index in [1.807, 2.05) is 19.9 Å². The fraction of sp³-hybridized carbons (Fsp3) is 0.500. The molecule has 0 unspecified atom stereocenters. The number of nitrogens with one attached hydrogen (secondary N) is 2. The number of oxazole rings is 1. The highest BCUT2D eigenvalue weighted by Crippen LogP contribution is 2.23. The lowest BCUT2D eigenvalue weighted by molar-refractivity contribution is 0.273. The van der Waals surface area contributed by atoms with Crippen LogP contribution in [0.3, 0.4) is 0 Å². The normalized spacial score (nSPS) is 16.7. The van der Waals surface area contributed by atoms with Crippen molar-refractivity contribution in [1.82, 2.24) is 19.9 Å². The molecule has 1 aliphatic rings. The zero-order valence-corrected chi connectivity index (χ0v) is 18.0. The van der Waals surface area contributed by atoms with Gasteiger partial charge in [-0.25, -0.2) is 13.4 Å². The van der Waals surface area contributed by atoms with E-state index in [0.717, 1.165) is 30.8 Å². The lowest BCUT2D eigenvalue weighted by Gasteiger charge is -2.31. The van der Waals surface area contributed by atoms with Crippen LogP contribution in [0.1, 0.15) is 30.2 Å². The Bertz CT molecular complexity index is 913. The van der Waals surface area contributed by atoms with E-state index in [1.165, 1.54) is 0 Å². The smallest absolute Gasteiger partial charge is 0.243 e. The van der Waals surface area contributed by atoms with Gasteiger partial charge in [0, 0.05) is 26.7 Å². The van der Waals surface area contributed by atoms with Crippen molar-refractivity contribution in [2.75, 3.05) is 26.7 Å². The molecule has 1 fully saturated rings. The molecule has 0 amide bonds. The fourth-order valence-corrected chi connectivity index (χ4v) is 4.82. The van der Waals surface area contributed by atoms with Gasteiger partial charge in [-0.2, -0.15) is 4.31 Å². The Morgan fingerprint density at radius 2 is 1.90 bits per heavy atom. The number of hydrogen-bond acceptors (Lipinski definition) is 5. The van der Waals surface area contributed by atoms with E-state index >= 15 is 0 Å². The molecule has 0 radical (unpaired) electrons. The predicted molar refractivity (Wildman–Crippen MR) is 112 cm³/mol. The summed E-state index contributed by atoms with van der Waals surface area (Å²) in [6.07, 6.45) is 1.63. The molecule has 8 nitrogen and oxygen atoms in total. The summed E-state index contributed by atoms with van der Waals surface area (Å²) in [6, 6.07) is 8.62. The van der Waals surface area contributed by atoms with E-state index in [0.29, 0.717) is 42.3 Å². The molecular formula is C20H29N5O3S. The van der Waals surface area contributed by atoms with Crippen molar-refractivity contribution in [2.24, 2.45) is 10.9 Å². The van der Waals surface area contributed by atoms with E-state index < -0.39 is 10.0 Å². The van der Waals surface area contributed by atoms with Gasteiger partial charge in [-0.1, -0.05) is 18.2 Å². The Labute approximate surface area is 172 Å². The van der Waals surface area contributed by atoms with Crippen LogP contribution in [0.15, 0.2) is 44.6 Å². The van der Waals surface area contributed by atoms with Gasteiger partial charge in [-0.3, -0.25) is 4.99 Å². The summed E-state index contributed by atoms with van der Waals surface area (Å²) < 4.78 is 32.6. The van der Waals surface area contributed by atoms with Gasteiger partial charge in [-0.15, -0.1) is 0 Å². The summed E-state index contributed by atoms with van der Waals surface area (Å²) in [4.78, 5) is 8.94. The maximum atomic E-state index is 12.7. The number of hydrogen-bond donors (Lipinski definition) is 2. The Morgan fingerprint density at radius 3 is 2.48 bits per heavy atom. The van der Waals surface area contributed by atoms with Crippen molar-refractivity contribution in [1.29, 1.82) is 0 Å². The Balaban J connectivity index is 1.45. The Kier molecular flexibility index (Phi) is 6.92. The number of aromatic nitrogens is 1. The van der Waals surface area contributed by atoms with Gasteiger partial charge in [0.1, 0.15) is 5.76 Å². The monoisotopic (exact) mass is 419 g/mol. The largest absolute Gasteiger partial charge is 0.444 e. The second kappa shape index (κ2) is 9.41. The van der Waals surface area contributed by atoms with E-state index in [4.69, 9.17) is 4.42 Å². The molecule has 2 heterocycles. The van der Waals surface area contributed by atoms with Crippen molar-refractivity contribution in [3.05, 3.63) is 47.7 Å². The zero-order valence-electron chi connectivity index (χ0n) is 17.2. The fourth-order valence-electron chi connectivity index (χ4n) is 3.33. The van der Waals surface area contributed by atoms with Gasteiger partial charge in [0.25, 0.3) is 0 Å². The van der Waals surface area contributed by atoms with Crippen molar-refractivity contribution in [3.63, 3.8) is 0 Å². The number of aliphatic imine (C=N–C) groups is 1. The van der Waals surface area contributed by atoms with Crippen LogP contribution >= 0.6 is 0 Å². The molecule has 158 valence electrons. The minimum Gasteiger partial charge on any atom is -0.444 e. The number of piperidine rings is 1. The zero-order chi connectivity index (χ0) is 20.9. The van der Waals surface area contributed by atoms with E-state index in [1.54, 1.807) is 35.6 Å². The number of guanidine groups is 1. The van der Waals surface area contributed by atoms with E-state index in [9.17, 15) is 8.42 Å². The first kappa shape index (κ1) is 21.3. The highest BCUT2D eigenvalue weighted by atomic mass is 32.2. The summed E-state index contributed by atoms with van der Waals surface area (Å²) >= 11 is 0. The highest BCUT2D eigenvalue weighted by molar-refractivity contribution is 7.89. The third-order valence-corrected chi connectivity index (χ3v) is 7.13. The van der Waals surface area contributed by atoms with Gasteiger partial charge in [0.15, 0.2) is 5.96 Å². The van der Waals surface area contributed by atoms with Crippen LogP contribution in [0, 0.1) is 19.8 Å². The van der Waals surface area contributed by atoms with Crippen LogP contribution in [0.2, 0.25) is 0 Å². The molecule has 0 spiro atoms. The number of rotatable bonds is 6. The minimum absolute atomic E-state index is 0.359. The number of aryl methyl sites for hydroxylation is 2. The third kappa shape index (κ3) is 5.36. The van der Waals surface area contributed by atoms with Crippen molar-refractivity contribution in [2.45, 2.75) is 38.1 Å². The maximum absolute atomic E-state index is 12.7. The van der Waals surface area contributed by atoms with Crippen LogP contribution in [-0.4, -0.2) is 50.3 Å². The van der Waals surface area contributed by atoms with Gasteiger partial charge in [0.2, 0.25) is 15.9 Å². The van der Waals surface area contributed by atoms with Crippen LogP contribution in [0.5, 0.6) is 0 Å². The molecule has 1 aliphatic heterocycles. The highest BCUT2D eigenvalue weighted by Gasteiger charge is 2.29. The summed E-state index contributed by atoms with van der Waals surface area (Å²) in [5.41, 5.74) is 0.891. The second-order valence-electron chi connectivity index (χ2n) is 7.22. The topological polar surface area (TPSA) is 99.8 Å². The summed E-state index contributed by atoms with van der Waals surface area (Å²) in [5, 5.41) is 6.51. The maximum Gasteiger partial charge on any atom is 0.243 e. The lowest BCUT2D eigenvalue weighted by Crippen LogP contribution is -2.44. The lowest BCUT2D eigenvalue weighted by atomic mass is 9.98. The molecule has 3 rings (SSSR count). The summed E-state index contributed by atoms with van der Waals surface area (Å²) in [6.45, 7) is 6.07.